The molecule has 2 rings (SSSR count). The van der Waals surface area contributed by atoms with E-state index < -0.39 is 11.5 Å². The summed E-state index contributed by atoms with van der Waals surface area (Å²) in [7, 11) is 0. The zero-order valence-corrected chi connectivity index (χ0v) is 10.2. The van der Waals surface area contributed by atoms with Gasteiger partial charge in [-0.15, -0.1) is 0 Å². The highest BCUT2D eigenvalue weighted by Gasteiger charge is 2.09. The van der Waals surface area contributed by atoms with E-state index in [2.05, 4.69) is 10.3 Å². The molecule has 0 aliphatic rings. The highest BCUT2D eigenvalue weighted by Crippen LogP contribution is 2.14. The molecule has 0 spiro atoms. The summed E-state index contributed by atoms with van der Waals surface area (Å²) < 4.78 is 0. The standard InChI is InChI=1S/C13H11ClN2O2/c14-11-6-2-1-4-9(11)8-16-13(18)10-5-3-7-15-12(10)17/h1-7H,8H2,(H,15,17)(H,16,18). The summed E-state index contributed by atoms with van der Waals surface area (Å²) in [6.45, 7) is 0.285. The number of benzene rings is 1. The zero-order valence-electron chi connectivity index (χ0n) is 9.44. The van der Waals surface area contributed by atoms with Crippen molar-refractivity contribution in [3.8, 4) is 0 Å². The van der Waals surface area contributed by atoms with E-state index in [0.29, 0.717) is 5.02 Å². The summed E-state index contributed by atoms with van der Waals surface area (Å²) in [5, 5.41) is 3.24. The van der Waals surface area contributed by atoms with Crippen LogP contribution in [0, 0.1) is 0 Å². The maximum atomic E-state index is 11.8. The van der Waals surface area contributed by atoms with E-state index in [1.54, 1.807) is 12.1 Å². The van der Waals surface area contributed by atoms with Crippen LogP contribution in [-0.2, 0) is 6.54 Å². The van der Waals surface area contributed by atoms with Crippen LogP contribution in [0.15, 0.2) is 47.4 Å². The summed E-state index contributed by atoms with van der Waals surface area (Å²) in [6.07, 6.45) is 1.48. The highest BCUT2D eigenvalue weighted by molar-refractivity contribution is 6.31. The lowest BCUT2D eigenvalue weighted by Crippen LogP contribution is -2.28. The molecule has 1 amide bonds. The molecule has 5 heteroatoms. The first-order chi connectivity index (χ1) is 8.68. The van der Waals surface area contributed by atoms with Crippen molar-refractivity contribution in [3.05, 3.63) is 69.1 Å². The molecular formula is C13H11ClN2O2. The summed E-state index contributed by atoms with van der Waals surface area (Å²) in [5.41, 5.74) is 0.485. The van der Waals surface area contributed by atoms with Crippen molar-refractivity contribution in [3.63, 3.8) is 0 Å². The first-order valence-corrected chi connectivity index (χ1v) is 5.75. The van der Waals surface area contributed by atoms with Crippen LogP contribution in [0.5, 0.6) is 0 Å². The van der Waals surface area contributed by atoms with Crippen LogP contribution in [0.4, 0.5) is 0 Å². The molecule has 0 aliphatic carbocycles. The molecule has 1 heterocycles. The van der Waals surface area contributed by atoms with Gasteiger partial charge < -0.3 is 10.3 Å². The van der Waals surface area contributed by atoms with Gasteiger partial charge in [0.1, 0.15) is 5.56 Å². The minimum Gasteiger partial charge on any atom is -0.348 e. The second-order valence-electron chi connectivity index (χ2n) is 3.69. The number of halogens is 1. The Morgan fingerprint density at radius 3 is 2.72 bits per heavy atom. The Balaban J connectivity index is 2.08. The fourth-order valence-electron chi connectivity index (χ4n) is 1.51. The minimum absolute atomic E-state index is 0.0875. The average molecular weight is 263 g/mol. The number of rotatable bonds is 3. The lowest BCUT2D eigenvalue weighted by Gasteiger charge is -2.06. The van der Waals surface area contributed by atoms with Gasteiger partial charge in [0.2, 0.25) is 0 Å². The van der Waals surface area contributed by atoms with Crippen molar-refractivity contribution in [2.45, 2.75) is 6.54 Å². The molecule has 2 N–H and O–H groups in total. The summed E-state index contributed by atoms with van der Waals surface area (Å²) >= 11 is 5.97. The molecule has 1 aromatic carbocycles. The smallest absolute Gasteiger partial charge is 0.260 e. The van der Waals surface area contributed by atoms with E-state index >= 15 is 0 Å². The first-order valence-electron chi connectivity index (χ1n) is 5.38. The van der Waals surface area contributed by atoms with Crippen molar-refractivity contribution in [2.75, 3.05) is 0 Å². The minimum atomic E-state index is -0.420. The second kappa shape index (κ2) is 5.51. The molecule has 0 bridgehead atoms. The van der Waals surface area contributed by atoms with Crippen LogP contribution in [0.25, 0.3) is 0 Å². The van der Waals surface area contributed by atoms with Crippen molar-refractivity contribution in [1.29, 1.82) is 0 Å². The highest BCUT2D eigenvalue weighted by atomic mass is 35.5. The van der Waals surface area contributed by atoms with Crippen molar-refractivity contribution < 1.29 is 4.79 Å². The molecule has 0 unspecified atom stereocenters. The number of carbonyl (C=O) groups excluding carboxylic acids is 1. The van der Waals surface area contributed by atoms with Crippen LogP contribution in [0.2, 0.25) is 5.02 Å². The maximum Gasteiger partial charge on any atom is 0.260 e. The average Bonchev–Trinajstić information content (AvgIpc) is 2.38. The second-order valence-corrected chi connectivity index (χ2v) is 4.09. The molecule has 0 aliphatic heterocycles. The van der Waals surface area contributed by atoms with Gasteiger partial charge in [-0.05, 0) is 23.8 Å². The van der Waals surface area contributed by atoms with Crippen LogP contribution in [0.1, 0.15) is 15.9 Å². The molecule has 0 saturated carbocycles. The lowest BCUT2D eigenvalue weighted by molar-refractivity contribution is 0.0949. The van der Waals surface area contributed by atoms with Gasteiger partial charge in [0.05, 0.1) is 0 Å². The van der Waals surface area contributed by atoms with E-state index in [0.717, 1.165) is 5.56 Å². The molecule has 0 fully saturated rings. The molecular weight excluding hydrogens is 252 g/mol. The number of hydrogen-bond donors (Lipinski definition) is 2. The third-order valence-electron chi connectivity index (χ3n) is 2.46. The number of carbonyl (C=O) groups is 1. The molecule has 92 valence electrons. The largest absolute Gasteiger partial charge is 0.348 e. The summed E-state index contributed by atoms with van der Waals surface area (Å²) in [4.78, 5) is 25.6. The zero-order chi connectivity index (χ0) is 13.0. The van der Waals surface area contributed by atoms with Gasteiger partial charge in [-0.25, -0.2) is 0 Å². The van der Waals surface area contributed by atoms with Gasteiger partial charge in [0.15, 0.2) is 0 Å². The summed E-state index contributed by atoms with van der Waals surface area (Å²) in [5.74, 6) is -0.420. The van der Waals surface area contributed by atoms with Crippen LogP contribution in [0.3, 0.4) is 0 Å². The van der Waals surface area contributed by atoms with E-state index in [9.17, 15) is 9.59 Å². The third-order valence-corrected chi connectivity index (χ3v) is 2.83. The quantitative estimate of drug-likeness (QED) is 0.888. The van der Waals surface area contributed by atoms with Crippen molar-refractivity contribution in [1.82, 2.24) is 10.3 Å². The van der Waals surface area contributed by atoms with Gasteiger partial charge in [-0.1, -0.05) is 29.8 Å². The van der Waals surface area contributed by atoms with E-state index in [4.69, 9.17) is 11.6 Å². The van der Waals surface area contributed by atoms with E-state index in [1.165, 1.54) is 12.3 Å². The molecule has 1 aromatic heterocycles. The lowest BCUT2D eigenvalue weighted by atomic mass is 10.2. The third kappa shape index (κ3) is 2.78. The number of hydrogen-bond acceptors (Lipinski definition) is 2. The fraction of sp³-hybridized carbons (Fsp3) is 0.0769. The number of H-pyrrole nitrogens is 1. The monoisotopic (exact) mass is 262 g/mol. The molecule has 0 saturated heterocycles. The maximum absolute atomic E-state index is 11.8. The molecule has 0 atom stereocenters. The fourth-order valence-corrected chi connectivity index (χ4v) is 1.72. The Bertz CT molecular complexity index is 622. The first kappa shape index (κ1) is 12.4. The van der Waals surface area contributed by atoms with Crippen molar-refractivity contribution in [2.24, 2.45) is 0 Å². The Morgan fingerprint density at radius 1 is 1.22 bits per heavy atom. The van der Waals surface area contributed by atoms with Crippen LogP contribution in [-0.4, -0.2) is 10.9 Å². The Morgan fingerprint density at radius 2 is 2.00 bits per heavy atom. The Hall–Kier alpha value is -2.07. The number of aromatic nitrogens is 1. The SMILES string of the molecule is O=C(NCc1ccccc1Cl)c1ccc[nH]c1=O. The van der Waals surface area contributed by atoms with Gasteiger partial charge in [-0.2, -0.15) is 0 Å². The van der Waals surface area contributed by atoms with E-state index in [-0.39, 0.29) is 12.1 Å². The van der Waals surface area contributed by atoms with Gasteiger partial charge in [-0.3, -0.25) is 9.59 Å². The normalized spacial score (nSPS) is 10.1. The topological polar surface area (TPSA) is 62.0 Å². The van der Waals surface area contributed by atoms with Crippen LogP contribution >= 0.6 is 11.6 Å². The van der Waals surface area contributed by atoms with Gasteiger partial charge >= 0.3 is 0 Å². The molecule has 2 aromatic rings. The van der Waals surface area contributed by atoms with Gasteiger partial charge in [0, 0.05) is 17.8 Å². The molecule has 4 nitrogen and oxygen atoms in total. The van der Waals surface area contributed by atoms with Gasteiger partial charge in [0.25, 0.3) is 11.5 Å². The van der Waals surface area contributed by atoms with Crippen LogP contribution < -0.4 is 10.9 Å². The van der Waals surface area contributed by atoms with E-state index in [1.807, 2.05) is 18.2 Å². The predicted octanol–water partition coefficient (Wildman–Crippen LogP) is 1.96. The number of amides is 1. The Labute approximate surface area is 109 Å². The number of pyridine rings is 1. The Kier molecular flexibility index (Phi) is 3.79. The number of nitrogens with one attached hydrogen (secondary N) is 2. The molecule has 18 heavy (non-hydrogen) atoms. The molecule has 0 radical (unpaired) electrons. The number of aromatic amines is 1. The summed E-state index contributed by atoms with van der Waals surface area (Å²) in [6, 6.07) is 10.3. The predicted molar refractivity (Wildman–Crippen MR) is 69.7 cm³/mol. The van der Waals surface area contributed by atoms with Crippen molar-refractivity contribution >= 4 is 17.5 Å².